The van der Waals surface area contributed by atoms with Gasteiger partial charge < -0.3 is 15.2 Å². The van der Waals surface area contributed by atoms with Gasteiger partial charge in [0.1, 0.15) is 5.75 Å². The quantitative estimate of drug-likeness (QED) is 0.714. The van der Waals surface area contributed by atoms with Gasteiger partial charge in [0.05, 0.1) is 12.2 Å². The molecule has 0 saturated heterocycles. The van der Waals surface area contributed by atoms with Crippen molar-refractivity contribution >= 4 is 15.9 Å². The Balaban J connectivity index is 2.64. The number of hydrogen-bond donors (Lipinski definition) is 2. The van der Waals surface area contributed by atoms with E-state index in [9.17, 15) is 5.11 Å². The maximum atomic E-state index is 10.3. The summed E-state index contributed by atoms with van der Waals surface area (Å²) in [7, 11) is 0. The van der Waals surface area contributed by atoms with Crippen molar-refractivity contribution in [2.24, 2.45) is 0 Å². The molecule has 0 fully saturated rings. The molecule has 0 aliphatic heterocycles. The van der Waals surface area contributed by atoms with Crippen LogP contribution in [0.4, 0.5) is 0 Å². The first kappa shape index (κ1) is 17.5. The summed E-state index contributed by atoms with van der Waals surface area (Å²) in [5.74, 6) is 0.916. The van der Waals surface area contributed by atoms with E-state index in [0.717, 1.165) is 41.7 Å². The second-order valence-electron chi connectivity index (χ2n) is 5.14. The lowest BCUT2D eigenvalue weighted by Gasteiger charge is -2.25. The first-order valence-corrected chi connectivity index (χ1v) is 8.18. The summed E-state index contributed by atoms with van der Waals surface area (Å²) in [5, 5.41) is 13.6. The smallest absolute Gasteiger partial charge is 0.123 e. The molecule has 1 aromatic rings. The number of nitrogens with one attached hydrogen (secondary N) is 1. The Hall–Kier alpha value is -0.580. The van der Waals surface area contributed by atoms with Gasteiger partial charge in [-0.25, -0.2) is 0 Å². The Labute approximate surface area is 130 Å². The predicted molar refractivity (Wildman–Crippen MR) is 87.2 cm³/mol. The van der Waals surface area contributed by atoms with E-state index in [1.807, 2.05) is 26.0 Å². The first-order valence-electron chi connectivity index (χ1n) is 7.39. The fraction of sp³-hybridized carbons (Fsp3) is 0.625. The minimum atomic E-state index is -0.615. The van der Waals surface area contributed by atoms with Crippen molar-refractivity contribution in [2.75, 3.05) is 13.2 Å². The van der Waals surface area contributed by atoms with Crippen LogP contribution in [-0.2, 0) is 6.54 Å². The maximum absolute atomic E-state index is 10.3. The molecule has 0 saturated carbocycles. The van der Waals surface area contributed by atoms with Crippen molar-refractivity contribution in [2.45, 2.75) is 52.2 Å². The van der Waals surface area contributed by atoms with Gasteiger partial charge in [-0.1, -0.05) is 36.7 Å². The fourth-order valence-corrected chi connectivity index (χ4v) is 2.38. The second kappa shape index (κ2) is 8.65. The Kier molecular flexibility index (Phi) is 7.56. The minimum Gasteiger partial charge on any atom is -0.493 e. The molecule has 0 radical (unpaired) electrons. The molecule has 3 nitrogen and oxygen atoms in total. The van der Waals surface area contributed by atoms with Crippen molar-refractivity contribution in [3.05, 3.63) is 28.2 Å². The number of rotatable bonds is 9. The van der Waals surface area contributed by atoms with Crippen LogP contribution in [0.15, 0.2) is 22.7 Å². The molecule has 1 rings (SSSR count). The van der Waals surface area contributed by atoms with Gasteiger partial charge >= 0.3 is 0 Å². The van der Waals surface area contributed by atoms with E-state index < -0.39 is 5.60 Å². The van der Waals surface area contributed by atoms with E-state index in [-0.39, 0.29) is 0 Å². The average Bonchev–Trinajstić information content (AvgIpc) is 2.46. The molecular weight excluding hydrogens is 318 g/mol. The molecule has 0 heterocycles. The third-order valence-electron chi connectivity index (χ3n) is 3.57. The zero-order valence-corrected chi connectivity index (χ0v) is 14.3. The molecule has 1 aromatic carbocycles. The molecule has 2 N–H and O–H groups in total. The first-order chi connectivity index (χ1) is 9.54. The highest BCUT2D eigenvalue weighted by atomic mass is 79.9. The van der Waals surface area contributed by atoms with Gasteiger partial charge in [-0.05, 0) is 37.5 Å². The number of halogens is 1. The van der Waals surface area contributed by atoms with Gasteiger partial charge in [-0.15, -0.1) is 0 Å². The molecule has 114 valence electrons. The molecule has 0 amide bonds. The maximum Gasteiger partial charge on any atom is 0.123 e. The van der Waals surface area contributed by atoms with Crippen LogP contribution in [0.1, 0.15) is 45.6 Å². The van der Waals surface area contributed by atoms with E-state index >= 15 is 0 Å². The molecule has 0 aromatic heterocycles. The molecule has 0 unspecified atom stereocenters. The lowest BCUT2D eigenvalue weighted by molar-refractivity contribution is 0.0322. The summed E-state index contributed by atoms with van der Waals surface area (Å²) in [6.45, 7) is 8.14. The molecule has 0 spiro atoms. The van der Waals surface area contributed by atoms with Gasteiger partial charge in [0, 0.05) is 23.1 Å². The SMILES string of the molecule is CCCOc1ccc(Br)cc1CNCC(O)(CC)CC. The van der Waals surface area contributed by atoms with Crippen LogP contribution in [0, 0.1) is 0 Å². The highest BCUT2D eigenvalue weighted by Crippen LogP contribution is 2.23. The Morgan fingerprint density at radius 2 is 1.95 bits per heavy atom. The van der Waals surface area contributed by atoms with Gasteiger partial charge in [0.2, 0.25) is 0 Å². The summed E-state index contributed by atoms with van der Waals surface area (Å²) in [4.78, 5) is 0. The molecular formula is C16H26BrNO2. The largest absolute Gasteiger partial charge is 0.493 e. The summed E-state index contributed by atoms with van der Waals surface area (Å²) in [6.07, 6.45) is 2.51. The molecule has 0 aliphatic rings. The predicted octanol–water partition coefficient (Wildman–Crippen LogP) is 3.88. The summed E-state index contributed by atoms with van der Waals surface area (Å²) in [6, 6.07) is 6.04. The number of hydrogen-bond acceptors (Lipinski definition) is 3. The molecule has 20 heavy (non-hydrogen) atoms. The van der Waals surface area contributed by atoms with E-state index in [2.05, 4.69) is 34.2 Å². The van der Waals surface area contributed by atoms with E-state index in [4.69, 9.17) is 4.74 Å². The molecule has 0 atom stereocenters. The van der Waals surface area contributed by atoms with Crippen LogP contribution in [-0.4, -0.2) is 23.9 Å². The average molecular weight is 344 g/mol. The van der Waals surface area contributed by atoms with Crippen LogP contribution < -0.4 is 10.1 Å². The lowest BCUT2D eigenvalue weighted by atomic mass is 9.97. The highest BCUT2D eigenvalue weighted by molar-refractivity contribution is 9.10. The zero-order valence-electron chi connectivity index (χ0n) is 12.7. The monoisotopic (exact) mass is 343 g/mol. The zero-order chi connectivity index (χ0) is 15.0. The minimum absolute atomic E-state index is 0.597. The Morgan fingerprint density at radius 1 is 1.25 bits per heavy atom. The molecule has 0 bridgehead atoms. The number of benzene rings is 1. The summed E-state index contributed by atoms with van der Waals surface area (Å²) < 4.78 is 6.79. The fourth-order valence-electron chi connectivity index (χ4n) is 1.97. The standard InChI is InChI=1S/C16H26BrNO2/c1-4-9-20-15-8-7-14(17)10-13(15)11-18-12-16(19,5-2)6-3/h7-8,10,18-19H,4-6,9,11-12H2,1-3H3. The third-order valence-corrected chi connectivity index (χ3v) is 4.06. The summed E-state index contributed by atoms with van der Waals surface area (Å²) >= 11 is 3.49. The normalized spacial score (nSPS) is 11.7. The molecule has 0 aliphatic carbocycles. The van der Waals surface area contributed by atoms with Gasteiger partial charge in [-0.3, -0.25) is 0 Å². The van der Waals surface area contributed by atoms with Crippen LogP contribution in [0.2, 0.25) is 0 Å². The van der Waals surface area contributed by atoms with Gasteiger partial charge in [0.25, 0.3) is 0 Å². The van der Waals surface area contributed by atoms with Gasteiger partial charge in [-0.2, -0.15) is 0 Å². The van der Waals surface area contributed by atoms with Crippen molar-refractivity contribution in [3.63, 3.8) is 0 Å². The third kappa shape index (κ3) is 5.43. The Bertz CT molecular complexity index is 405. The highest BCUT2D eigenvalue weighted by Gasteiger charge is 2.21. The molecule has 4 heteroatoms. The lowest BCUT2D eigenvalue weighted by Crippen LogP contribution is -2.39. The number of ether oxygens (including phenoxy) is 1. The van der Waals surface area contributed by atoms with Gasteiger partial charge in [0.15, 0.2) is 0 Å². The van der Waals surface area contributed by atoms with Crippen molar-refractivity contribution < 1.29 is 9.84 Å². The van der Waals surface area contributed by atoms with Crippen LogP contribution in [0.3, 0.4) is 0 Å². The summed E-state index contributed by atoms with van der Waals surface area (Å²) in [5.41, 5.74) is 0.499. The Morgan fingerprint density at radius 3 is 2.55 bits per heavy atom. The van der Waals surface area contributed by atoms with E-state index in [1.165, 1.54) is 0 Å². The van der Waals surface area contributed by atoms with Crippen molar-refractivity contribution in [1.82, 2.24) is 5.32 Å². The number of aliphatic hydroxyl groups is 1. The van der Waals surface area contributed by atoms with E-state index in [0.29, 0.717) is 13.1 Å². The van der Waals surface area contributed by atoms with Crippen LogP contribution >= 0.6 is 15.9 Å². The second-order valence-corrected chi connectivity index (χ2v) is 6.05. The van der Waals surface area contributed by atoms with Crippen LogP contribution in [0.25, 0.3) is 0 Å². The van der Waals surface area contributed by atoms with Crippen molar-refractivity contribution in [3.8, 4) is 5.75 Å². The van der Waals surface area contributed by atoms with Crippen molar-refractivity contribution in [1.29, 1.82) is 0 Å². The topological polar surface area (TPSA) is 41.5 Å². The van der Waals surface area contributed by atoms with E-state index in [1.54, 1.807) is 0 Å². The van der Waals surface area contributed by atoms with Crippen LogP contribution in [0.5, 0.6) is 5.75 Å².